The Morgan fingerprint density at radius 3 is 2.88 bits per heavy atom. The highest BCUT2D eigenvalue weighted by Crippen LogP contribution is 2.30. The Hall–Kier alpha value is -2.63. The van der Waals surface area contributed by atoms with E-state index in [9.17, 15) is 14.4 Å². The molecule has 1 N–H and O–H groups in total. The van der Waals surface area contributed by atoms with Gasteiger partial charge >= 0.3 is 0 Å². The van der Waals surface area contributed by atoms with Crippen molar-refractivity contribution in [3.63, 3.8) is 0 Å². The molecule has 2 heterocycles. The van der Waals surface area contributed by atoms with Crippen molar-refractivity contribution in [2.24, 2.45) is 5.92 Å². The molecule has 2 unspecified atom stereocenters. The predicted molar refractivity (Wildman–Crippen MR) is 99.6 cm³/mol. The molecule has 1 fully saturated rings. The number of likely N-dealkylation sites (N-methyl/N-ethyl adjacent to an activating group) is 1. The summed E-state index contributed by atoms with van der Waals surface area (Å²) >= 11 is 0. The van der Waals surface area contributed by atoms with Gasteiger partial charge in [0.25, 0.3) is 0 Å². The Balaban J connectivity index is 1.65. The van der Waals surface area contributed by atoms with Crippen molar-refractivity contribution in [3.05, 3.63) is 42.0 Å². The zero-order valence-electron chi connectivity index (χ0n) is 15.3. The molecular formula is C20H25N3O3. The Bertz CT molecular complexity index is 759. The van der Waals surface area contributed by atoms with E-state index >= 15 is 0 Å². The van der Waals surface area contributed by atoms with Gasteiger partial charge in [-0.25, -0.2) is 0 Å². The summed E-state index contributed by atoms with van der Waals surface area (Å²) in [6.07, 6.45) is 3.30. The van der Waals surface area contributed by atoms with E-state index in [1.54, 1.807) is 16.8 Å². The highest BCUT2D eigenvalue weighted by atomic mass is 16.2. The van der Waals surface area contributed by atoms with Crippen molar-refractivity contribution >= 4 is 23.4 Å². The van der Waals surface area contributed by atoms with Gasteiger partial charge in [-0.2, -0.15) is 0 Å². The number of nitrogens with zero attached hydrogens (tertiary/aromatic N) is 2. The molecule has 3 amide bonds. The van der Waals surface area contributed by atoms with E-state index in [-0.39, 0.29) is 29.7 Å². The molecule has 6 nitrogen and oxygen atoms in total. The van der Waals surface area contributed by atoms with Gasteiger partial charge in [-0.3, -0.25) is 14.4 Å². The minimum atomic E-state index is -0.197. The van der Waals surface area contributed by atoms with Crippen molar-refractivity contribution in [1.82, 2.24) is 10.2 Å². The quantitative estimate of drug-likeness (QED) is 0.838. The zero-order valence-corrected chi connectivity index (χ0v) is 15.3. The Morgan fingerprint density at radius 1 is 1.38 bits per heavy atom. The molecule has 1 aromatic rings. The highest BCUT2D eigenvalue weighted by Gasteiger charge is 2.29. The topological polar surface area (TPSA) is 69.7 Å². The number of hydrogen-bond donors (Lipinski definition) is 1. The molecule has 2 aliphatic rings. The van der Waals surface area contributed by atoms with Crippen molar-refractivity contribution < 1.29 is 14.4 Å². The Labute approximate surface area is 153 Å². The third-order valence-electron chi connectivity index (χ3n) is 5.32. The molecule has 0 bridgehead atoms. The number of benzene rings is 1. The fourth-order valence-electron chi connectivity index (χ4n) is 3.69. The molecule has 0 radical (unpaired) electrons. The van der Waals surface area contributed by atoms with Crippen molar-refractivity contribution in [1.29, 1.82) is 0 Å². The summed E-state index contributed by atoms with van der Waals surface area (Å²) in [6, 6.07) is 5.73. The van der Waals surface area contributed by atoms with E-state index in [1.807, 2.05) is 25.1 Å². The van der Waals surface area contributed by atoms with Crippen LogP contribution in [-0.4, -0.2) is 42.8 Å². The average molecular weight is 355 g/mol. The summed E-state index contributed by atoms with van der Waals surface area (Å²) in [7, 11) is 1.78. The van der Waals surface area contributed by atoms with E-state index < -0.39 is 0 Å². The molecule has 1 saturated heterocycles. The molecule has 2 atom stereocenters. The van der Waals surface area contributed by atoms with Crippen LogP contribution in [0.1, 0.15) is 36.9 Å². The lowest BCUT2D eigenvalue weighted by Gasteiger charge is -2.32. The van der Waals surface area contributed by atoms with Gasteiger partial charge in [0.2, 0.25) is 17.7 Å². The van der Waals surface area contributed by atoms with E-state index in [2.05, 4.69) is 11.9 Å². The number of fused-ring (bicyclic) bond motifs is 1. The molecule has 1 aromatic carbocycles. The molecule has 0 spiro atoms. The number of piperidine rings is 1. The third kappa shape index (κ3) is 3.49. The van der Waals surface area contributed by atoms with Crippen LogP contribution in [0.15, 0.2) is 30.9 Å². The Kier molecular flexibility index (Phi) is 5.11. The summed E-state index contributed by atoms with van der Waals surface area (Å²) in [6.45, 7) is 6.57. The fraction of sp³-hybridized carbons (Fsp3) is 0.450. The maximum absolute atomic E-state index is 12.6. The second kappa shape index (κ2) is 7.32. The number of rotatable bonds is 4. The van der Waals surface area contributed by atoms with Gasteiger partial charge in [0.15, 0.2) is 0 Å². The largest absolute Gasteiger partial charge is 0.349 e. The first kappa shape index (κ1) is 18.2. The second-order valence-electron chi connectivity index (χ2n) is 7.08. The summed E-state index contributed by atoms with van der Waals surface area (Å²) < 4.78 is 0. The first-order chi connectivity index (χ1) is 12.4. The number of carbonyl (C=O) groups is 3. The summed E-state index contributed by atoms with van der Waals surface area (Å²) in [4.78, 5) is 39.6. The standard InChI is InChI=1S/C20H25N3O3/c1-4-18(24)23-9-5-6-15(12-23)20(26)21-13(2)14-7-8-17-16(10-14)11-19(25)22(17)3/h4,7-8,10,13,15H,1,5-6,9,11-12H2,2-3H3,(H,21,26). The van der Waals surface area contributed by atoms with Crippen LogP contribution >= 0.6 is 0 Å². The van der Waals surface area contributed by atoms with Crippen LogP contribution in [0.25, 0.3) is 0 Å². The van der Waals surface area contributed by atoms with Crippen LogP contribution in [0.3, 0.4) is 0 Å². The molecule has 0 aliphatic carbocycles. The van der Waals surface area contributed by atoms with Gasteiger partial charge < -0.3 is 15.1 Å². The summed E-state index contributed by atoms with van der Waals surface area (Å²) in [5.74, 6) is -0.268. The molecule has 6 heteroatoms. The molecular weight excluding hydrogens is 330 g/mol. The number of nitrogens with one attached hydrogen (secondary N) is 1. The van der Waals surface area contributed by atoms with Crippen molar-refractivity contribution in [3.8, 4) is 0 Å². The van der Waals surface area contributed by atoms with E-state index in [0.29, 0.717) is 19.5 Å². The van der Waals surface area contributed by atoms with Crippen molar-refractivity contribution in [2.45, 2.75) is 32.2 Å². The minimum Gasteiger partial charge on any atom is -0.349 e. The van der Waals surface area contributed by atoms with Crippen LogP contribution < -0.4 is 10.2 Å². The maximum atomic E-state index is 12.6. The zero-order chi connectivity index (χ0) is 18.8. The van der Waals surface area contributed by atoms with Crippen molar-refractivity contribution in [2.75, 3.05) is 25.0 Å². The summed E-state index contributed by atoms with van der Waals surface area (Å²) in [5.41, 5.74) is 2.91. The van der Waals surface area contributed by atoms with E-state index in [0.717, 1.165) is 29.7 Å². The minimum absolute atomic E-state index is 0.0345. The number of carbonyl (C=O) groups excluding carboxylic acids is 3. The number of anilines is 1. The van der Waals surface area contributed by atoms with Gasteiger partial charge in [-0.15, -0.1) is 0 Å². The lowest BCUT2D eigenvalue weighted by Crippen LogP contribution is -2.45. The molecule has 138 valence electrons. The average Bonchev–Trinajstić information content (AvgIpc) is 2.94. The van der Waals surface area contributed by atoms with E-state index in [1.165, 1.54) is 6.08 Å². The number of likely N-dealkylation sites (tertiary alicyclic amines) is 1. The van der Waals surface area contributed by atoms with Gasteiger partial charge in [0.1, 0.15) is 0 Å². The second-order valence-corrected chi connectivity index (χ2v) is 7.08. The van der Waals surface area contributed by atoms with Crippen LogP contribution in [0.4, 0.5) is 5.69 Å². The number of hydrogen-bond acceptors (Lipinski definition) is 3. The van der Waals surface area contributed by atoms with Gasteiger partial charge in [0.05, 0.1) is 18.4 Å². The molecule has 0 aromatic heterocycles. The first-order valence-electron chi connectivity index (χ1n) is 9.01. The van der Waals surface area contributed by atoms with Crippen LogP contribution in [0, 0.1) is 5.92 Å². The molecule has 3 rings (SSSR count). The van der Waals surface area contributed by atoms with Crippen LogP contribution in [-0.2, 0) is 20.8 Å². The lowest BCUT2D eigenvalue weighted by molar-refractivity contribution is -0.132. The van der Waals surface area contributed by atoms with Crippen LogP contribution in [0.5, 0.6) is 0 Å². The Morgan fingerprint density at radius 2 is 2.15 bits per heavy atom. The third-order valence-corrected chi connectivity index (χ3v) is 5.32. The molecule has 2 aliphatic heterocycles. The van der Waals surface area contributed by atoms with Gasteiger partial charge in [-0.1, -0.05) is 18.7 Å². The smallest absolute Gasteiger partial charge is 0.245 e. The van der Waals surface area contributed by atoms with Gasteiger partial charge in [-0.05, 0) is 43.0 Å². The van der Waals surface area contributed by atoms with Crippen LogP contribution in [0.2, 0.25) is 0 Å². The lowest BCUT2D eigenvalue weighted by atomic mass is 9.96. The summed E-state index contributed by atoms with van der Waals surface area (Å²) in [5, 5.41) is 3.06. The first-order valence-corrected chi connectivity index (χ1v) is 9.01. The maximum Gasteiger partial charge on any atom is 0.245 e. The molecule has 26 heavy (non-hydrogen) atoms. The van der Waals surface area contributed by atoms with Gasteiger partial charge in [0, 0.05) is 25.8 Å². The fourth-order valence-corrected chi connectivity index (χ4v) is 3.69. The van der Waals surface area contributed by atoms with E-state index in [4.69, 9.17) is 0 Å². The normalized spacial score (nSPS) is 20.5. The SMILES string of the molecule is C=CC(=O)N1CCCC(C(=O)NC(C)c2ccc3c(c2)CC(=O)N3C)C1. The number of amides is 3. The predicted octanol–water partition coefficient (Wildman–Crippen LogP) is 1.81. The molecule has 0 saturated carbocycles. The monoisotopic (exact) mass is 355 g/mol. The highest BCUT2D eigenvalue weighted by molar-refractivity contribution is 6.01.